The van der Waals surface area contributed by atoms with Gasteiger partial charge in [-0.3, -0.25) is 4.79 Å². The molecule has 5 heteroatoms. The van der Waals surface area contributed by atoms with Crippen LogP contribution in [0.1, 0.15) is 63.5 Å². The highest BCUT2D eigenvalue weighted by atomic mass is 16.5. The Labute approximate surface area is 169 Å². The second-order valence-corrected chi connectivity index (χ2v) is 8.93. The molecular weight excluding hydrogens is 352 g/mol. The second kappa shape index (κ2) is 9.93. The Hall–Kier alpha value is -1.33. The summed E-state index contributed by atoms with van der Waals surface area (Å²) in [5.41, 5.74) is 0. The van der Waals surface area contributed by atoms with Gasteiger partial charge in [0.05, 0.1) is 12.4 Å². The number of hydrogen-bond donors (Lipinski definition) is 0. The maximum absolute atomic E-state index is 13.0. The van der Waals surface area contributed by atoms with Gasteiger partial charge in [0.25, 0.3) is 0 Å². The number of amides is 1. The van der Waals surface area contributed by atoms with Crippen LogP contribution in [0.2, 0.25) is 0 Å². The smallest absolute Gasteiger partial charge is 0.223 e. The summed E-state index contributed by atoms with van der Waals surface area (Å²) in [7, 11) is 0. The maximum Gasteiger partial charge on any atom is 0.223 e. The number of carbonyl (C=O) groups excluding carboxylic acids is 1. The van der Waals surface area contributed by atoms with Crippen LogP contribution in [-0.4, -0.2) is 60.6 Å². The third-order valence-corrected chi connectivity index (χ3v) is 6.93. The molecule has 2 saturated heterocycles. The van der Waals surface area contributed by atoms with E-state index >= 15 is 0 Å². The predicted molar refractivity (Wildman–Crippen MR) is 109 cm³/mol. The number of nitrogens with zero attached hydrogens (tertiary/aromatic N) is 2. The maximum atomic E-state index is 13.0. The molecule has 156 valence electrons. The normalized spacial score (nSPS) is 24.8. The van der Waals surface area contributed by atoms with Crippen LogP contribution in [0.3, 0.4) is 0 Å². The number of piperidine rings is 1. The van der Waals surface area contributed by atoms with E-state index in [9.17, 15) is 4.79 Å². The summed E-state index contributed by atoms with van der Waals surface area (Å²) >= 11 is 0. The van der Waals surface area contributed by atoms with Crippen LogP contribution in [-0.2, 0) is 16.0 Å². The minimum absolute atomic E-state index is 0.228. The van der Waals surface area contributed by atoms with E-state index in [2.05, 4.69) is 9.80 Å². The quantitative estimate of drug-likeness (QED) is 0.678. The van der Waals surface area contributed by atoms with Crippen LogP contribution < -0.4 is 0 Å². The summed E-state index contributed by atoms with van der Waals surface area (Å²) in [5, 5.41) is 0. The molecule has 0 N–H and O–H groups in total. The fraction of sp³-hybridized carbons (Fsp3) is 0.783. The Kier molecular flexibility index (Phi) is 7.08. The molecule has 0 unspecified atom stereocenters. The minimum Gasteiger partial charge on any atom is -0.469 e. The van der Waals surface area contributed by atoms with Gasteiger partial charge in [-0.2, -0.15) is 0 Å². The Morgan fingerprint density at radius 1 is 1.07 bits per heavy atom. The topological polar surface area (TPSA) is 45.9 Å². The lowest BCUT2D eigenvalue weighted by Crippen LogP contribution is -2.45. The van der Waals surface area contributed by atoms with Crippen molar-refractivity contribution in [3.8, 4) is 0 Å². The Bertz CT molecular complexity index is 583. The van der Waals surface area contributed by atoms with Crippen LogP contribution in [0.25, 0.3) is 0 Å². The van der Waals surface area contributed by atoms with Crippen molar-refractivity contribution in [3.63, 3.8) is 0 Å². The summed E-state index contributed by atoms with van der Waals surface area (Å²) in [4.78, 5) is 17.8. The molecule has 0 bridgehead atoms. The predicted octanol–water partition coefficient (Wildman–Crippen LogP) is 3.87. The van der Waals surface area contributed by atoms with Crippen molar-refractivity contribution in [1.82, 2.24) is 9.80 Å². The Morgan fingerprint density at radius 3 is 2.57 bits per heavy atom. The standard InChI is InChI=1S/C23H36N2O3/c26-23(10-9-21-7-3-15-27-21)25(18-22-8-4-16-28-22)17-19-11-13-24(14-12-19)20-5-1-2-6-20/h3,7,15,19-20,22H,1-2,4-6,8-14,16-18H2/t22-/m1/s1. The van der Waals surface area contributed by atoms with Gasteiger partial charge in [0.2, 0.25) is 5.91 Å². The molecule has 1 aromatic rings. The number of carbonyl (C=O) groups is 1. The molecule has 3 fully saturated rings. The van der Waals surface area contributed by atoms with E-state index in [4.69, 9.17) is 9.15 Å². The fourth-order valence-corrected chi connectivity index (χ4v) is 5.24. The average molecular weight is 389 g/mol. The van der Waals surface area contributed by atoms with E-state index in [0.717, 1.165) is 44.3 Å². The molecule has 5 nitrogen and oxygen atoms in total. The van der Waals surface area contributed by atoms with Crippen molar-refractivity contribution < 1.29 is 13.9 Å². The molecule has 28 heavy (non-hydrogen) atoms. The van der Waals surface area contributed by atoms with E-state index in [1.807, 2.05) is 12.1 Å². The molecule has 2 aliphatic heterocycles. The molecule has 1 saturated carbocycles. The van der Waals surface area contributed by atoms with Gasteiger partial charge in [0.15, 0.2) is 0 Å². The highest BCUT2D eigenvalue weighted by molar-refractivity contribution is 5.76. The van der Waals surface area contributed by atoms with Gasteiger partial charge in [-0.25, -0.2) is 0 Å². The molecule has 0 spiro atoms. The lowest BCUT2D eigenvalue weighted by Gasteiger charge is -2.38. The molecule has 1 amide bonds. The zero-order valence-electron chi connectivity index (χ0n) is 17.2. The molecule has 1 aliphatic carbocycles. The average Bonchev–Trinajstić information content (AvgIpc) is 3.50. The van der Waals surface area contributed by atoms with Gasteiger partial charge < -0.3 is 19.0 Å². The van der Waals surface area contributed by atoms with Crippen LogP contribution >= 0.6 is 0 Å². The summed E-state index contributed by atoms with van der Waals surface area (Å²) in [5.74, 6) is 1.78. The Morgan fingerprint density at radius 2 is 1.89 bits per heavy atom. The molecule has 1 aromatic heterocycles. The van der Waals surface area contributed by atoms with Gasteiger partial charge in [0, 0.05) is 38.6 Å². The van der Waals surface area contributed by atoms with Crippen molar-refractivity contribution in [3.05, 3.63) is 24.2 Å². The first-order chi connectivity index (χ1) is 13.8. The van der Waals surface area contributed by atoms with Gasteiger partial charge in [-0.05, 0) is 69.7 Å². The first-order valence-electron chi connectivity index (χ1n) is 11.4. The largest absolute Gasteiger partial charge is 0.469 e. The van der Waals surface area contributed by atoms with Crippen molar-refractivity contribution in [2.45, 2.75) is 76.4 Å². The summed E-state index contributed by atoms with van der Waals surface area (Å²) in [6.45, 7) is 4.93. The first kappa shape index (κ1) is 20.0. The highest BCUT2D eigenvalue weighted by Crippen LogP contribution is 2.28. The number of furan rings is 1. The van der Waals surface area contributed by atoms with E-state index in [1.54, 1.807) is 6.26 Å². The van der Waals surface area contributed by atoms with Crippen LogP contribution in [0.5, 0.6) is 0 Å². The highest BCUT2D eigenvalue weighted by Gasteiger charge is 2.30. The van der Waals surface area contributed by atoms with E-state index in [1.165, 1.54) is 51.6 Å². The second-order valence-electron chi connectivity index (χ2n) is 8.93. The SMILES string of the molecule is O=C(CCc1ccco1)N(CC1CCN(C2CCCC2)CC1)C[C@H]1CCCO1. The van der Waals surface area contributed by atoms with Crippen LogP contribution in [0.4, 0.5) is 0 Å². The fourth-order valence-electron chi connectivity index (χ4n) is 5.24. The zero-order valence-corrected chi connectivity index (χ0v) is 17.2. The van der Waals surface area contributed by atoms with Crippen molar-refractivity contribution >= 4 is 5.91 Å². The van der Waals surface area contributed by atoms with Gasteiger partial charge in [-0.15, -0.1) is 0 Å². The lowest BCUT2D eigenvalue weighted by atomic mass is 9.94. The minimum atomic E-state index is 0.228. The summed E-state index contributed by atoms with van der Waals surface area (Å²) < 4.78 is 11.2. The molecule has 4 rings (SSSR count). The van der Waals surface area contributed by atoms with E-state index in [-0.39, 0.29) is 12.0 Å². The van der Waals surface area contributed by atoms with Crippen molar-refractivity contribution in [2.24, 2.45) is 5.92 Å². The number of aryl methyl sites for hydroxylation is 1. The van der Waals surface area contributed by atoms with Crippen LogP contribution in [0.15, 0.2) is 22.8 Å². The molecule has 3 aliphatic rings. The third kappa shape index (κ3) is 5.38. The summed E-state index contributed by atoms with van der Waals surface area (Å²) in [6.07, 6.45) is 13.4. The number of hydrogen-bond acceptors (Lipinski definition) is 4. The van der Waals surface area contributed by atoms with E-state index < -0.39 is 0 Å². The van der Waals surface area contributed by atoms with Crippen molar-refractivity contribution in [2.75, 3.05) is 32.8 Å². The number of rotatable bonds is 8. The molecule has 0 aromatic carbocycles. The molecular formula is C23H36N2O3. The molecule has 0 radical (unpaired) electrons. The summed E-state index contributed by atoms with van der Waals surface area (Å²) in [6, 6.07) is 4.68. The first-order valence-corrected chi connectivity index (χ1v) is 11.4. The molecule has 1 atom stereocenters. The molecule has 3 heterocycles. The van der Waals surface area contributed by atoms with Gasteiger partial charge in [-0.1, -0.05) is 12.8 Å². The number of likely N-dealkylation sites (tertiary alicyclic amines) is 1. The zero-order chi connectivity index (χ0) is 19.2. The Balaban J connectivity index is 1.28. The number of ether oxygens (including phenoxy) is 1. The van der Waals surface area contributed by atoms with Crippen molar-refractivity contribution in [1.29, 1.82) is 0 Å². The van der Waals surface area contributed by atoms with E-state index in [0.29, 0.717) is 18.8 Å². The van der Waals surface area contributed by atoms with Gasteiger partial charge >= 0.3 is 0 Å². The third-order valence-electron chi connectivity index (χ3n) is 6.93. The van der Waals surface area contributed by atoms with Crippen LogP contribution in [0, 0.1) is 5.92 Å². The monoisotopic (exact) mass is 388 g/mol. The van der Waals surface area contributed by atoms with Gasteiger partial charge in [0.1, 0.15) is 5.76 Å². The lowest BCUT2D eigenvalue weighted by molar-refractivity contribution is -0.133.